The van der Waals surface area contributed by atoms with Gasteiger partial charge in [0, 0.05) is 24.0 Å². The molecule has 23 heavy (non-hydrogen) atoms. The van der Waals surface area contributed by atoms with Crippen LogP contribution in [0.2, 0.25) is 0 Å². The molecule has 0 unspecified atom stereocenters. The van der Waals surface area contributed by atoms with Gasteiger partial charge in [0.15, 0.2) is 0 Å². The Bertz CT molecular complexity index is 698. The van der Waals surface area contributed by atoms with Crippen LogP contribution >= 0.6 is 11.3 Å². The maximum absolute atomic E-state index is 12.2. The highest BCUT2D eigenvalue weighted by molar-refractivity contribution is 7.11. The minimum atomic E-state index is -0.0592. The molecule has 3 heterocycles. The van der Waals surface area contributed by atoms with Crippen LogP contribution in [-0.2, 0) is 6.54 Å². The zero-order valence-electron chi connectivity index (χ0n) is 13.0. The van der Waals surface area contributed by atoms with E-state index in [4.69, 9.17) is 4.74 Å². The summed E-state index contributed by atoms with van der Waals surface area (Å²) in [6, 6.07) is 9.64. The minimum Gasteiger partial charge on any atom is -0.481 e. The molecule has 120 valence electrons. The van der Waals surface area contributed by atoms with Crippen molar-refractivity contribution in [3.8, 4) is 5.88 Å². The van der Waals surface area contributed by atoms with E-state index in [2.05, 4.69) is 33.9 Å². The number of rotatable bonds is 4. The summed E-state index contributed by atoms with van der Waals surface area (Å²) in [5.41, 5.74) is 2.11. The Labute approximate surface area is 139 Å². The van der Waals surface area contributed by atoms with E-state index in [9.17, 15) is 4.79 Å². The fourth-order valence-electron chi connectivity index (χ4n) is 2.49. The van der Waals surface area contributed by atoms with Crippen molar-refractivity contribution in [1.82, 2.24) is 15.2 Å². The number of nitrogens with zero attached hydrogens (tertiary/aromatic N) is 2. The van der Waals surface area contributed by atoms with E-state index < -0.39 is 0 Å². The summed E-state index contributed by atoms with van der Waals surface area (Å²) in [6.45, 7) is 1.78. The number of ether oxygens (including phenoxy) is 1. The van der Waals surface area contributed by atoms with Crippen LogP contribution in [0.1, 0.15) is 17.0 Å². The van der Waals surface area contributed by atoms with Gasteiger partial charge in [-0.3, -0.25) is 0 Å². The third-order valence-corrected chi connectivity index (χ3v) is 4.69. The number of thiophene rings is 1. The lowest BCUT2D eigenvalue weighted by Gasteiger charge is -2.26. The fraction of sp³-hybridized carbons (Fsp3) is 0.294. The molecule has 3 rings (SSSR count). The molecule has 1 aliphatic rings. The predicted molar refractivity (Wildman–Crippen MR) is 91.5 cm³/mol. The summed E-state index contributed by atoms with van der Waals surface area (Å²) in [5.74, 6) is 0.554. The van der Waals surface area contributed by atoms with Gasteiger partial charge in [-0.15, -0.1) is 11.3 Å². The lowest BCUT2D eigenvalue weighted by atomic mass is 10.1. The first-order valence-corrected chi connectivity index (χ1v) is 8.40. The van der Waals surface area contributed by atoms with E-state index in [1.165, 1.54) is 10.5 Å². The summed E-state index contributed by atoms with van der Waals surface area (Å²) in [5, 5.41) is 4.99. The predicted octanol–water partition coefficient (Wildman–Crippen LogP) is 3.15. The van der Waals surface area contributed by atoms with E-state index in [1.807, 2.05) is 17.0 Å². The van der Waals surface area contributed by atoms with E-state index >= 15 is 0 Å². The SMILES string of the molecule is COc1cccc(CNC(=O)N2CC=C(c3cccs3)CC2)n1. The van der Waals surface area contributed by atoms with Gasteiger partial charge in [0.1, 0.15) is 0 Å². The van der Waals surface area contributed by atoms with E-state index in [0.717, 1.165) is 18.7 Å². The van der Waals surface area contributed by atoms with Crippen LogP contribution in [0.15, 0.2) is 41.8 Å². The Kier molecular flexibility index (Phi) is 4.92. The molecule has 2 aromatic rings. The number of hydrogen-bond donors (Lipinski definition) is 1. The first kappa shape index (κ1) is 15.6. The van der Waals surface area contributed by atoms with Crippen LogP contribution in [-0.4, -0.2) is 36.1 Å². The second-order valence-electron chi connectivity index (χ2n) is 5.23. The molecular formula is C17H19N3O2S. The molecule has 1 N–H and O–H groups in total. The minimum absolute atomic E-state index is 0.0592. The molecule has 0 spiro atoms. The zero-order chi connectivity index (χ0) is 16.1. The highest BCUT2D eigenvalue weighted by atomic mass is 32.1. The van der Waals surface area contributed by atoms with Gasteiger partial charge in [-0.05, 0) is 29.5 Å². The van der Waals surface area contributed by atoms with Crippen molar-refractivity contribution in [3.63, 3.8) is 0 Å². The summed E-state index contributed by atoms with van der Waals surface area (Å²) in [7, 11) is 1.58. The molecular weight excluding hydrogens is 310 g/mol. The first-order valence-electron chi connectivity index (χ1n) is 7.52. The van der Waals surface area contributed by atoms with Gasteiger partial charge in [-0.25, -0.2) is 9.78 Å². The molecule has 0 aromatic carbocycles. The number of carbonyl (C=O) groups excluding carboxylic acids is 1. The molecule has 0 atom stereocenters. The lowest BCUT2D eigenvalue weighted by Crippen LogP contribution is -2.41. The lowest BCUT2D eigenvalue weighted by molar-refractivity contribution is 0.202. The molecule has 1 aliphatic heterocycles. The van der Waals surface area contributed by atoms with Crippen molar-refractivity contribution in [2.45, 2.75) is 13.0 Å². The number of aromatic nitrogens is 1. The number of nitrogens with one attached hydrogen (secondary N) is 1. The molecule has 0 bridgehead atoms. The fourth-order valence-corrected chi connectivity index (χ4v) is 3.28. The number of pyridine rings is 1. The molecule has 6 heteroatoms. The van der Waals surface area contributed by atoms with Gasteiger partial charge >= 0.3 is 6.03 Å². The molecule has 0 fully saturated rings. The molecule has 0 saturated carbocycles. The molecule has 2 amide bonds. The normalized spacial score (nSPS) is 14.3. The summed E-state index contributed by atoms with van der Waals surface area (Å²) in [6.07, 6.45) is 3.03. The Balaban J connectivity index is 1.53. The molecule has 5 nitrogen and oxygen atoms in total. The van der Waals surface area contributed by atoms with Crippen molar-refractivity contribution in [3.05, 3.63) is 52.4 Å². The van der Waals surface area contributed by atoms with E-state index in [1.54, 1.807) is 24.5 Å². The number of urea groups is 1. The number of methoxy groups -OCH3 is 1. The highest BCUT2D eigenvalue weighted by Gasteiger charge is 2.18. The number of hydrogen-bond acceptors (Lipinski definition) is 4. The third kappa shape index (κ3) is 3.90. The highest BCUT2D eigenvalue weighted by Crippen LogP contribution is 2.25. The van der Waals surface area contributed by atoms with Gasteiger partial charge in [0.25, 0.3) is 0 Å². The first-order chi connectivity index (χ1) is 11.3. The third-order valence-electron chi connectivity index (χ3n) is 3.75. The van der Waals surface area contributed by atoms with Crippen molar-refractivity contribution >= 4 is 22.9 Å². The van der Waals surface area contributed by atoms with Crippen molar-refractivity contribution in [2.75, 3.05) is 20.2 Å². The molecule has 2 aromatic heterocycles. The van der Waals surface area contributed by atoms with Crippen LogP contribution in [0.5, 0.6) is 5.88 Å². The maximum atomic E-state index is 12.2. The topological polar surface area (TPSA) is 54.5 Å². The zero-order valence-corrected chi connectivity index (χ0v) is 13.8. The van der Waals surface area contributed by atoms with E-state index in [-0.39, 0.29) is 6.03 Å². The largest absolute Gasteiger partial charge is 0.481 e. The van der Waals surface area contributed by atoms with Gasteiger partial charge in [0.2, 0.25) is 5.88 Å². The van der Waals surface area contributed by atoms with Gasteiger partial charge in [0.05, 0.1) is 19.3 Å². The average molecular weight is 329 g/mol. The van der Waals surface area contributed by atoms with Gasteiger partial charge in [-0.2, -0.15) is 0 Å². The van der Waals surface area contributed by atoms with Crippen LogP contribution < -0.4 is 10.1 Å². The Hall–Kier alpha value is -2.34. The second-order valence-corrected chi connectivity index (χ2v) is 6.18. The van der Waals surface area contributed by atoms with E-state index in [0.29, 0.717) is 19.0 Å². The van der Waals surface area contributed by atoms with Crippen LogP contribution in [0.4, 0.5) is 4.79 Å². The molecule has 0 radical (unpaired) electrons. The standard InChI is InChI=1S/C17H19N3O2S/c1-22-16-6-2-4-14(19-16)12-18-17(21)20-9-7-13(8-10-20)15-5-3-11-23-15/h2-7,11H,8-10,12H2,1H3,(H,18,21). The Morgan fingerprint density at radius 1 is 1.39 bits per heavy atom. The van der Waals surface area contributed by atoms with Gasteiger partial charge < -0.3 is 15.0 Å². The molecule has 0 saturated heterocycles. The molecule has 0 aliphatic carbocycles. The monoisotopic (exact) mass is 329 g/mol. The number of carbonyl (C=O) groups is 1. The Morgan fingerprint density at radius 2 is 2.30 bits per heavy atom. The average Bonchev–Trinajstić information content (AvgIpc) is 3.14. The smallest absolute Gasteiger partial charge is 0.318 e. The van der Waals surface area contributed by atoms with Crippen molar-refractivity contribution in [1.29, 1.82) is 0 Å². The van der Waals surface area contributed by atoms with Crippen LogP contribution in [0.25, 0.3) is 5.57 Å². The van der Waals surface area contributed by atoms with Crippen LogP contribution in [0.3, 0.4) is 0 Å². The Morgan fingerprint density at radius 3 is 3.00 bits per heavy atom. The van der Waals surface area contributed by atoms with Crippen LogP contribution in [0, 0.1) is 0 Å². The summed E-state index contributed by atoms with van der Waals surface area (Å²) >= 11 is 1.74. The summed E-state index contributed by atoms with van der Waals surface area (Å²) in [4.78, 5) is 19.6. The quantitative estimate of drug-likeness (QED) is 0.937. The van der Waals surface area contributed by atoms with Crippen molar-refractivity contribution in [2.24, 2.45) is 0 Å². The van der Waals surface area contributed by atoms with Gasteiger partial charge in [-0.1, -0.05) is 18.2 Å². The second kappa shape index (κ2) is 7.28. The number of amides is 2. The maximum Gasteiger partial charge on any atom is 0.318 e. The summed E-state index contributed by atoms with van der Waals surface area (Å²) < 4.78 is 5.08. The van der Waals surface area contributed by atoms with Crippen molar-refractivity contribution < 1.29 is 9.53 Å².